The number of amides is 1. The first kappa shape index (κ1) is 10.0. The number of hydrogen-bond donors (Lipinski definition) is 1. The molecule has 0 saturated carbocycles. The van der Waals surface area contributed by atoms with Crippen molar-refractivity contribution in [3.8, 4) is 0 Å². The second kappa shape index (κ2) is 4.26. The Morgan fingerprint density at radius 3 is 2.77 bits per heavy atom. The molecule has 0 aromatic carbocycles. The summed E-state index contributed by atoms with van der Waals surface area (Å²) in [5, 5.41) is 2.65. The summed E-state index contributed by atoms with van der Waals surface area (Å²) in [6.07, 6.45) is 4.96. The van der Waals surface area contributed by atoms with Crippen molar-refractivity contribution in [1.29, 1.82) is 0 Å². The molecule has 0 saturated heterocycles. The summed E-state index contributed by atoms with van der Waals surface area (Å²) in [4.78, 5) is 11.2. The minimum Gasteiger partial charge on any atom is -0.355 e. The van der Waals surface area contributed by atoms with Crippen LogP contribution in [0.4, 0.5) is 0 Å². The van der Waals surface area contributed by atoms with Crippen molar-refractivity contribution >= 4 is 5.91 Å². The molecule has 1 rings (SSSR count). The summed E-state index contributed by atoms with van der Waals surface area (Å²) in [7, 11) is 1.67. The molecule has 2 heteroatoms. The molecule has 2 nitrogen and oxygen atoms in total. The highest BCUT2D eigenvalue weighted by Crippen LogP contribution is 2.27. The maximum absolute atomic E-state index is 11.2. The highest BCUT2D eigenvalue weighted by molar-refractivity contribution is 5.93. The Kier molecular flexibility index (Phi) is 3.29. The minimum absolute atomic E-state index is 0.0696. The van der Waals surface area contributed by atoms with Crippen LogP contribution in [0, 0.1) is 5.92 Å². The molecule has 1 N–H and O–H groups in total. The molecule has 72 valence electrons. The van der Waals surface area contributed by atoms with Crippen LogP contribution in [0.15, 0.2) is 23.8 Å². The molecular weight excluding hydrogens is 162 g/mol. The van der Waals surface area contributed by atoms with Gasteiger partial charge in [-0.25, -0.2) is 0 Å². The van der Waals surface area contributed by atoms with Crippen molar-refractivity contribution in [2.24, 2.45) is 5.92 Å². The molecule has 0 bridgehead atoms. The van der Waals surface area contributed by atoms with Crippen molar-refractivity contribution in [2.75, 3.05) is 7.05 Å². The summed E-state index contributed by atoms with van der Waals surface area (Å²) in [6, 6.07) is 0. The van der Waals surface area contributed by atoms with Gasteiger partial charge in [0.25, 0.3) is 0 Å². The fraction of sp³-hybridized carbons (Fsp3) is 0.545. The lowest BCUT2D eigenvalue weighted by atomic mass is 9.85. The Labute approximate surface area is 79.7 Å². The predicted molar refractivity (Wildman–Crippen MR) is 54.3 cm³/mol. The largest absolute Gasteiger partial charge is 0.355 e. The van der Waals surface area contributed by atoms with Gasteiger partial charge in [-0.2, -0.15) is 0 Å². The molecule has 0 aromatic heterocycles. The third kappa shape index (κ3) is 2.44. The van der Waals surface area contributed by atoms with E-state index in [4.69, 9.17) is 0 Å². The van der Waals surface area contributed by atoms with E-state index < -0.39 is 0 Å². The molecule has 0 aliphatic heterocycles. The standard InChI is InChI=1S/C11H17NO/c1-8(2)9-4-6-10(7-5-9)11(13)12-3/h6,9H,1,4-5,7H2,2-3H3,(H,12,13). The first-order valence-corrected chi connectivity index (χ1v) is 4.71. The fourth-order valence-corrected chi connectivity index (χ4v) is 1.65. The Bertz CT molecular complexity index is 253. The van der Waals surface area contributed by atoms with Crippen LogP contribution in [0.3, 0.4) is 0 Å². The summed E-state index contributed by atoms with van der Waals surface area (Å²) >= 11 is 0. The fourth-order valence-electron chi connectivity index (χ4n) is 1.65. The second-order valence-electron chi connectivity index (χ2n) is 3.63. The van der Waals surface area contributed by atoms with Crippen LogP contribution in [-0.4, -0.2) is 13.0 Å². The molecule has 0 spiro atoms. The van der Waals surface area contributed by atoms with Gasteiger partial charge in [0, 0.05) is 12.6 Å². The summed E-state index contributed by atoms with van der Waals surface area (Å²) in [6.45, 7) is 6.00. The number of carbonyl (C=O) groups is 1. The van der Waals surface area contributed by atoms with E-state index in [0.717, 1.165) is 24.8 Å². The van der Waals surface area contributed by atoms with Gasteiger partial charge in [0.05, 0.1) is 0 Å². The van der Waals surface area contributed by atoms with Gasteiger partial charge in [0.15, 0.2) is 0 Å². The first-order chi connectivity index (χ1) is 6.15. The van der Waals surface area contributed by atoms with E-state index in [-0.39, 0.29) is 5.91 Å². The minimum atomic E-state index is 0.0696. The van der Waals surface area contributed by atoms with Crippen LogP contribution in [0.2, 0.25) is 0 Å². The number of likely N-dealkylation sites (N-methyl/N-ethyl adjacent to an activating group) is 1. The van der Waals surface area contributed by atoms with Gasteiger partial charge in [-0.1, -0.05) is 18.2 Å². The Hall–Kier alpha value is -1.05. The van der Waals surface area contributed by atoms with Crippen LogP contribution in [-0.2, 0) is 4.79 Å². The van der Waals surface area contributed by atoms with E-state index in [1.165, 1.54) is 5.57 Å². The molecule has 1 atom stereocenters. The normalized spacial score (nSPS) is 22.0. The molecule has 0 radical (unpaired) electrons. The topological polar surface area (TPSA) is 29.1 Å². The van der Waals surface area contributed by atoms with Crippen LogP contribution in [0.1, 0.15) is 26.2 Å². The SMILES string of the molecule is C=C(C)C1CC=C(C(=O)NC)CC1. The molecule has 0 aromatic rings. The molecule has 0 fully saturated rings. The van der Waals surface area contributed by atoms with Crippen molar-refractivity contribution in [1.82, 2.24) is 5.32 Å². The highest BCUT2D eigenvalue weighted by Gasteiger charge is 2.17. The van der Waals surface area contributed by atoms with Crippen LogP contribution in [0.5, 0.6) is 0 Å². The number of hydrogen-bond acceptors (Lipinski definition) is 1. The van der Waals surface area contributed by atoms with Crippen molar-refractivity contribution in [3.63, 3.8) is 0 Å². The third-order valence-electron chi connectivity index (χ3n) is 2.63. The smallest absolute Gasteiger partial charge is 0.246 e. The van der Waals surface area contributed by atoms with Crippen molar-refractivity contribution in [3.05, 3.63) is 23.8 Å². The van der Waals surface area contributed by atoms with E-state index >= 15 is 0 Å². The van der Waals surface area contributed by atoms with Gasteiger partial charge < -0.3 is 5.32 Å². The summed E-state index contributed by atoms with van der Waals surface area (Å²) in [5.41, 5.74) is 2.16. The Balaban J connectivity index is 2.57. The first-order valence-electron chi connectivity index (χ1n) is 4.71. The zero-order chi connectivity index (χ0) is 9.84. The maximum Gasteiger partial charge on any atom is 0.246 e. The Morgan fingerprint density at radius 2 is 2.38 bits per heavy atom. The molecule has 1 amide bonds. The van der Waals surface area contributed by atoms with Gasteiger partial charge in [0.1, 0.15) is 0 Å². The van der Waals surface area contributed by atoms with E-state index in [1.54, 1.807) is 7.05 Å². The average molecular weight is 179 g/mol. The Morgan fingerprint density at radius 1 is 1.69 bits per heavy atom. The summed E-state index contributed by atoms with van der Waals surface area (Å²) < 4.78 is 0. The second-order valence-corrected chi connectivity index (χ2v) is 3.63. The van der Waals surface area contributed by atoms with Gasteiger partial charge in [-0.05, 0) is 32.1 Å². The maximum atomic E-state index is 11.2. The van der Waals surface area contributed by atoms with Crippen molar-refractivity contribution < 1.29 is 4.79 Å². The predicted octanol–water partition coefficient (Wildman–Crippen LogP) is 2.04. The van der Waals surface area contributed by atoms with E-state index in [2.05, 4.69) is 18.8 Å². The van der Waals surface area contributed by atoms with E-state index in [0.29, 0.717) is 5.92 Å². The number of allylic oxidation sites excluding steroid dienone is 2. The zero-order valence-electron chi connectivity index (χ0n) is 8.39. The lowest BCUT2D eigenvalue weighted by Crippen LogP contribution is -2.22. The van der Waals surface area contributed by atoms with Gasteiger partial charge >= 0.3 is 0 Å². The molecule has 1 aliphatic rings. The van der Waals surface area contributed by atoms with E-state index in [1.807, 2.05) is 6.08 Å². The van der Waals surface area contributed by atoms with Gasteiger partial charge in [-0.15, -0.1) is 0 Å². The van der Waals surface area contributed by atoms with Gasteiger partial charge in [0.2, 0.25) is 5.91 Å². The number of carbonyl (C=O) groups excluding carboxylic acids is 1. The number of rotatable bonds is 2. The molecule has 13 heavy (non-hydrogen) atoms. The van der Waals surface area contributed by atoms with Crippen molar-refractivity contribution in [2.45, 2.75) is 26.2 Å². The van der Waals surface area contributed by atoms with Crippen LogP contribution < -0.4 is 5.32 Å². The zero-order valence-corrected chi connectivity index (χ0v) is 8.39. The highest BCUT2D eigenvalue weighted by atomic mass is 16.1. The third-order valence-corrected chi connectivity index (χ3v) is 2.63. The number of nitrogens with one attached hydrogen (secondary N) is 1. The van der Waals surface area contributed by atoms with Gasteiger partial charge in [-0.3, -0.25) is 4.79 Å². The molecule has 1 aliphatic carbocycles. The summed E-state index contributed by atoms with van der Waals surface area (Å²) in [5.74, 6) is 0.647. The van der Waals surface area contributed by atoms with Crippen LogP contribution in [0.25, 0.3) is 0 Å². The average Bonchev–Trinajstić information content (AvgIpc) is 2.17. The molecular formula is C11H17NO. The molecule has 0 heterocycles. The lowest BCUT2D eigenvalue weighted by molar-refractivity contribution is -0.117. The lowest BCUT2D eigenvalue weighted by Gasteiger charge is -2.21. The monoisotopic (exact) mass is 179 g/mol. The quantitative estimate of drug-likeness (QED) is 0.646. The van der Waals surface area contributed by atoms with E-state index in [9.17, 15) is 4.79 Å². The van der Waals surface area contributed by atoms with Crippen LogP contribution >= 0.6 is 0 Å². The molecule has 1 unspecified atom stereocenters.